The molecule has 0 unspecified atom stereocenters. The van der Waals surface area contributed by atoms with E-state index in [1.165, 1.54) is 0 Å². The summed E-state index contributed by atoms with van der Waals surface area (Å²) in [6, 6.07) is 6.18. The third-order valence-corrected chi connectivity index (χ3v) is 5.24. The predicted octanol–water partition coefficient (Wildman–Crippen LogP) is 3.43. The maximum atomic E-state index is 4.30. The first-order valence-electron chi connectivity index (χ1n) is 6.60. The molecule has 1 fully saturated rings. The number of fused-ring (bicyclic) bond motifs is 1. The Balaban J connectivity index is 1.77. The van der Waals surface area contributed by atoms with E-state index in [1.807, 2.05) is 24.5 Å². The molecule has 0 saturated heterocycles. The third-order valence-electron chi connectivity index (χ3n) is 5.24. The average Bonchev–Trinajstić information content (AvgIpc) is 2.71. The van der Waals surface area contributed by atoms with Crippen molar-refractivity contribution in [1.29, 1.82) is 0 Å². The number of hydrogen-bond acceptors (Lipinski definition) is 2. The van der Waals surface area contributed by atoms with E-state index in [0.29, 0.717) is 10.8 Å². The maximum absolute atomic E-state index is 4.30. The maximum Gasteiger partial charge on any atom is 0.138 e. The molecule has 2 aromatic rings. The summed E-state index contributed by atoms with van der Waals surface area (Å²) in [7, 11) is 0. The predicted molar refractivity (Wildman–Crippen MR) is 74.7 cm³/mol. The van der Waals surface area contributed by atoms with Crippen LogP contribution in [0, 0.1) is 16.7 Å². The highest BCUT2D eigenvalue weighted by atomic mass is 15.1. The molecule has 0 aromatic carbocycles. The van der Waals surface area contributed by atoms with E-state index in [4.69, 9.17) is 0 Å². The van der Waals surface area contributed by atoms with Crippen LogP contribution in [0.15, 0.2) is 30.6 Å². The van der Waals surface area contributed by atoms with Crippen molar-refractivity contribution in [3.63, 3.8) is 0 Å². The second-order valence-corrected chi connectivity index (χ2v) is 6.44. The normalized spacial score (nSPS) is 21.1. The molecule has 0 atom stereocenters. The third kappa shape index (κ3) is 1.46. The van der Waals surface area contributed by atoms with Crippen molar-refractivity contribution in [3.05, 3.63) is 30.6 Å². The fourth-order valence-electron chi connectivity index (χ4n) is 3.14. The second kappa shape index (κ2) is 3.50. The van der Waals surface area contributed by atoms with Crippen LogP contribution in [0.5, 0.6) is 0 Å². The molecular weight excluding hydrogens is 222 g/mol. The SMILES string of the molecule is CC1(C)C(CNc2cccc3nccn23)C1(C)C. The highest BCUT2D eigenvalue weighted by molar-refractivity contribution is 5.50. The van der Waals surface area contributed by atoms with Crippen molar-refractivity contribution in [2.24, 2.45) is 16.7 Å². The molecule has 96 valence electrons. The van der Waals surface area contributed by atoms with E-state index in [9.17, 15) is 0 Å². The molecule has 0 aliphatic heterocycles. The first-order chi connectivity index (χ1) is 8.44. The van der Waals surface area contributed by atoms with Gasteiger partial charge in [-0.2, -0.15) is 0 Å². The van der Waals surface area contributed by atoms with Crippen molar-refractivity contribution >= 4 is 11.5 Å². The summed E-state index contributed by atoms with van der Waals surface area (Å²) in [5.74, 6) is 1.85. The first-order valence-corrected chi connectivity index (χ1v) is 6.60. The van der Waals surface area contributed by atoms with Crippen LogP contribution in [0.1, 0.15) is 27.7 Å². The molecule has 2 heterocycles. The van der Waals surface area contributed by atoms with Gasteiger partial charge in [0.1, 0.15) is 11.5 Å². The zero-order valence-electron chi connectivity index (χ0n) is 11.6. The molecule has 1 aliphatic carbocycles. The van der Waals surface area contributed by atoms with E-state index < -0.39 is 0 Å². The smallest absolute Gasteiger partial charge is 0.138 e. The average molecular weight is 243 g/mol. The van der Waals surface area contributed by atoms with Crippen LogP contribution in [0.25, 0.3) is 5.65 Å². The Bertz CT molecular complexity index is 566. The quantitative estimate of drug-likeness (QED) is 0.895. The Kier molecular flexibility index (Phi) is 2.25. The molecule has 0 spiro atoms. The topological polar surface area (TPSA) is 29.3 Å². The van der Waals surface area contributed by atoms with Gasteiger partial charge >= 0.3 is 0 Å². The largest absolute Gasteiger partial charge is 0.371 e. The minimum absolute atomic E-state index is 0.433. The molecule has 18 heavy (non-hydrogen) atoms. The zero-order chi connectivity index (χ0) is 13.0. The number of nitrogens with one attached hydrogen (secondary N) is 1. The monoisotopic (exact) mass is 243 g/mol. The van der Waals surface area contributed by atoms with Gasteiger partial charge in [-0.15, -0.1) is 0 Å². The molecule has 3 heteroatoms. The van der Waals surface area contributed by atoms with Gasteiger partial charge in [-0.1, -0.05) is 33.8 Å². The van der Waals surface area contributed by atoms with Gasteiger partial charge < -0.3 is 5.32 Å². The molecule has 1 saturated carbocycles. The fourth-order valence-corrected chi connectivity index (χ4v) is 3.14. The van der Waals surface area contributed by atoms with Crippen molar-refractivity contribution in [2.75, 3.05) is 11.9 Å². The van der Waals surface area contributed by atoms with Crippen LogP contribution in [0.4, 0.5) is 5.82 Å². The lowest BCUT2D eigenvalue weighted by atomic mass is 10.0. The zero-order valence-corrected chi connectivity index (χ0v) is 11.6. The number of aromatic nitrogens is 2. The lowest BCUT2D eigenvalue weighted by molar-refractivity contribution is 0.457. The number of imidazole rings is 1. The minimum Gasteiger partial charge on any atom is -0.371 e. The molecule has 0 bridgehead atoms. The molecule has 1 aliphatic rings. The van der Waals surface area contributed by atoms with Crippen LogP contribution in [0.3, 0.4) is 0 Å². The Morgan fingerprint density at radius 1 is 1.22 bits per heavy atom. The van der Waals surface area contributed by atoms with Gasteiger partial charge in [0.05, 0.1) is 0 Å². The second-order valence-electron chi connectivity index (χ2n) is 6.44. The first kappa shape index (κ1) is 11.6. The number of anilines is 1. The van der Waals surface area contributed by atoms with Gasteiger partial charge in [0.2, 0.25) is 0 Å². The number of hydrogen-bond donors (Lipinski definition) is 1. The summed E-state index contributed by atoms with van der Waals surface area (Å²) in [5, 5.41) is 3.57. The Morgan fingerprint density at radius 2 is 1.94 bits per heavy atom. The summed E-state index contributed by atoms with van der Waals surface area (Å²) in [4.78, 5) is 4.30. The summed E-state index contributed by atoms with van der Waals surface area (Å²) >= 11 is 0. The van der Waals surface area contributed by atoms with E-state index in [1.54, 1.807) is 0 Å². The lowest BCUT2D eigenvalue weighted by Crippen LogP contribution is -2.10. The van der Waals surface area contributed by atoms with Crippen molar-refractivity contribution in [2.45, 2.75) is 27.7 Å². The van der Waals surface area contributed by atoms with Crippen LogP contribution < -0.4 is 5.32 Å². The van der Waals surface area contributed by atoms with Gasteiger partial charge in [0.15, 0.2) is 0 Å². The van der Waals surface area contributed by atoms with Crippen LogP contribution in [-0.4, -0.2) is 15.9 Å². The molecule has 1 N–H and O–H groups in total. The number of rotatable bonds is 3. The standard InChI is InChI=1S/C15H21N3/c1-14(2)11(15(14,3)4)10-17-13-7-5-6-12-16-8-9-18(12)13/h5-9,11,17H,10H2,1-4H3. The number of nitrogens with zero attached hydrogens (tertiary/aromatic N) is 2. The molecule has 0 radical (unpaired) electrons. The van der Waals surface area contributed by atoms with E-state index >= 15 is 0 Å². The summed E-state index contributed by atoms with van der Waals surface area (Å²) in [5.41, 5.74) is 1.86. The molecule has 3 rings (SSSR count). The Morgan fingerprint density at radius 3 is 2.61 bits per heavy atom. The Hall–Kier alpha value is -1.51. The van der Waals surface area contributed by atoms with Gasteiger partial charge in [0.25, 0.3) is 0 Å². The molecule has 3 nitrogen and oxygen atoms in total. The van der Waals surface area contributed by atoms with Gasteiger partial charge in [-0.3, -0.25) is 4.40 Å². The molecular formula is C15H21N3. The van der Waals surface area contributed by atoms with E-state index in [2.05, 4.69) is 48.5 Å². The van der Waals surface area contributed by atoms with Crippen LogP contribution in [-0.2, 0) is 0 Å². The highest BCUT2D eigenvalue weighted by Crippen LogP contribution is 2.68. The van der Waals surface area contributed by atoms with Gasteiger partial charge in [-0.05, 0) is 28.9 Å². The van der Waals surface area contributed by atoms with Crippen molar-refractivity contribution < 1.29 is 0 Å². The fraction of sp³-hybridized carbons (Fsp3) is 0.533. The van der Waals surface area contributed by atoms with E-state index in [0.717, 1.165) is 23.9 Å². The van der Waals surface area contributed by atoms with Gasteiger partial charge in [0, 0.05) is 18.9 Å². The van der Waals surface area contributed by atoms with Crippen molar-refractivity contribution in [3.8, 4) is 0 Å². The minimum atomic E-state index is 0.433. The highest BCUT2D eigenvalue weighted by Gasteiger charge is 2.64. The lowest BCUT2D eigenvalue weighted by Gasteiger charge is -2.09. The summed E-state index contributed by atoms with van der Waals surface area (Å²) in [6.07, 6.45) is 3.84. The molecule has 2 aromatic heterocycles. The van der Waals surface area contributed by atoms with Crippen molar-refractivity contribution in [1.82, 2.24) is 9.38 Å². The van der Waals surface area contributed by atoms with E-state index in [-0.39, 0.29) is 0 Å². The molecule has 0 amide bonds. The van der Waals surface area contributed by atoms with Crippen LogP contribution >= 0.6 is 0 Å². The summed E-state index contributed by atoms with van der Waals surface area (Å²) < 4.78 is 2.10. The summed E-state index contributed by atoms with van der Waals surface area (Å²) in [6.45, 7) is 10.5. The number of pyridine rings is 1. The Labute approximate surface area is 108 Å². The van der Waals surface area contributed by atoms with Gasteiger partial charge in [-0.25, -0.2) is 4.98 Å². The van der Waals surface area contributed by atoms with Crippen LogP contribution in [0.2, 0.25) is 0 Å².